The molecule has 0 aromatic rings. The van der Waals surface area contributed by atoms with Gasteiger partial charge < -0.3 is 9.47 Å². The van der Waals surface area contributed by atoms with Crippen molar-refractivity contribution >= 4 is 5.97 Å². The highest BCUT2D eigenvalue weighted by molar-refractivity contribution is 5.87. The monoisotopic (exact) mass is 170 g/mol. The highest BCUT2D eigenvalue weighted by atomic mass is 16.5. The van der Waals surface area contributed by atoms with Crippen molar-refractivity contribution in [3.63, 3.8) is 0 Å². The largest absolute Gasteiger partial charge is 0.462 e. The molecule has 1 rings (SSSR count). The van der Waals surface area contributed by atoms with Crippen LogP contribution in [0.3, 0.4) is 0 Å². The molecule has 0 aromatic carbocycles. The van der Waals surface area contributed by atoms with Gasteiger partial charge in [-0.2, -0.15) is 0 Å². The molecule has 1 aliphatic heterocycles. The molecule has 1 saturated heterocycles. The van der Waals surface area contributed by atoms with E-state index in [1.54, 1.807) is 13.0 Å². The Morgan fingerprint density at radius 2 is 2.33 bits per heavy atom. The van der Waals surface area contributed by atoms with Crippen LogP contribution in [0.25, 0.3) is 0 Å². The minimum atomic E-state index is -0.218. The Morgan fingerprint density at radius 3 is 2.75 bits per heavy atom. The Morgan fingerprint density at radius 1 is 1.67 bits per heavy atom. The lowest BCUT2D eigenvalue weighted by molar-refractivity contribution is -0.146. The Labute approximate surface area is 72.4 Å². The van der Waals surface area contributed by atoms with E-state index in [-0.39, 0.29) is 5.97 Å². The smallest absolute Gasteiger partial charge is 0.333 e. The summed E-state index contributed by atoms with van der Waals surface area (Å²) in [5.41, 5.74) is 0.662. The van der Waals surface area contributed by atoms with Gasteiger partial charge in [0, 0.05) is 11.5 Å². The van der Waals surface area contributed by atoms with E-state index in [1.807, 2.05) is 6.92 Å². The van der Waals surface area contributed by atoms with Crippen LogP contribution in [0.1, 0.15) is 13.8 Å². The van der Waals surface area contributed by atoms with Gasteiger partial charge in [0.1, 0.15) is 0 Å². The van der Waals surface area contributed by atoms with Crippen molar-refractivity contribution in [3.8, 4) is 0 Å². The van der Waals surface area contributed by atoms with Gasteiger partial charge in [0.25, 0.3) is 0 Å². The summed E-state index contributed by atoms with van der Waals surface area (Å²) in [6, 6.07) is 0. The molecule has 0 saturated carbocycles. The zero-order chi connectivity index (χ0) is 8.97. The molecular formula is C9H14O3. The van der Waals surface area contributed by atoms with Crippen molar-refractivity contribution in [3.05, 3.63) is 11.6 Å². The van der Waals surface area contributed by atoms with E-state index in [0.29, 0.717) is 18.1 Å². The fourth-order valence-electron chi connectivity index (χ4n) is 0.806. The van der Waals surface area contributed by atoms with E-state index in [4.69, 9.17) is 9.47 Å². The lowest BCUT2D eigenvalue weighted by Gasteiger charge is -2.25. The number of carbonyl (C=O) groups excluding carboxylic acids is 1. The van der Waals surface area contributed by atoms with Gasteiger partial charge in [0.05, 0.1) is 19.8 Å². The van der Waals surface area contributed by atoms with E-state index >= 15 is 0 Å². The molecule has 3 nitrogen and oxygen atoms in total. The summed E-state index contributed by atoms with van der Waals surface area (Å²) in [6.45, 7) is 5.51. The van der Waals surface area contributed by atoms with Crippen LogP contribution in [-0.4, -0.2) is 25.8 Å². The van der Waals surface area contributed by atoms with Crippen molar-refractivity contribution in [1.82, 2.24) is 0 Å². The zero-order valence-electron chi connectivity index (χ0n) is 7.50. The van der Waals surface area contributed by atoms with Crippen LogP contribution in [0.4, 0.5) is 0 Å². The fourth-order valence-corrected chi connectivity index (χ4v) is 0.806. The molecule has 0 amide bonds. The first-order valence-corrected chi connectivity index (χ1v) is 4.12. The van der Waals surface area contributed by atoms with E-state index < -0.39 is 0 Å². The van der Waals surface area contributed by atoms with E-state index in [2.05, 4.69) is 0 Å². The van der Waals surface area contributed by atoms with Gasteiger partial charge in [0.2, 0.25) is 0 Å². The SMILES string of the molecule is CC=C(C)C(=O)OCC1COC1. The van der Waals surface area contributed by atoms with Crippen LogP contribution in [-0.2, 0) is 14.3 Å². The molecule has 0 aromatic heterocycles. The third kappa shape index (κ3) is 2.34. The summed E-state index contributed by atoms with van der Waals surface area (Å²) in [7, 11) is 0. The first-order chi connectivity index (χ1) is 5.74. The van der Waals surface area contributed by atoms with Crippen LogP contribution < -0.4 is 0 Å². The quantitative estimate of drug-likeness (QED) is 0.470. The first kappa shape index (κ1) is 9.26. The Bertz CT molecular complexity index is 192. The third-order valence-electron chi connectivity index (χ3n) is 1.91. The van der Waals surface area contributed by atoms with Gasteiger partial charge in [-0.25, -0.2) is 4.79 Å². The molecule has 1 aliphatic rings. The molecule has 0 atom stereocenters. The van der Waals surface area contributed by atoms with Gasteiger partial charge in [-0.15, -0.1) is 0 Å². The molecule has 0 spiro atoms. The molecule has 1 fully saturated rings. The summed E-state index contributed by atoms with van der Waals surface area (Å²) in [6.07, 6.45) is 1.75. The molecule has 68 valence electrons. The van der Waals surface area contributed by atoms with Gasteiger partial charge >= 0.3 is 5.97 Å². The maximum Gasteiger partial charge on any atom is 0.333 e. The van der Waals surface area contributed by atoms with Crippen molar-refractivity contribution in [2.24, 2.45) is 5.92 Å². The van der Waals surface area contributed by atoms with Gasteiger partial charge in [0.15, 0.2) is 0 Å². The maximum atomic E-state index is 11.1. The first-order valence-electron chi connectivity index (χ1n) is 4.12. The standard InChI is InChI=1S/C9H14O3/c1-3-7(2)9(10)12-6-8-4-11-5-8/h3,8H,4-6H2,1-2H3. The summed E-state index contributed by atoms with van der Waals surface area (Å²) in [5.74, 6) is 0.197. The van der Waals surface area contributed by atoms with Crippen LogP contribution in [0.15, 0.2) is 11.6 Å². The van der Waals surface area contributed by atoms with Crippen molar-refractivity contribution < 1.29 is 14.3 Å². The Kier molecular flexibility index (Phi) is 3.29. The lowest BCUT2D eigenvalue weighted by Crippen LogP contribution is -2.32. The lowest BCUT2D eigenvalue weighted by atomic mass is 10.1. The summed E-state index contributed by atoms with van der Waals surface area (Å²) < 4.78 is 9.96. The van der Waals surface area contributed by atoms with Gasteiger partial charge in [-0.05, 0) is 13.8 Å². The van der Waals surface area contributed by atoms with E-state index in [1.165, 1.54) is 0 Å². The number of ether oxygens (including phenoxy) is 2. The molecular weight excluding hydrogens is 156 g/mol. The summed E-state index contributed by atoms with van der Waals surface area (Å²) in [5, 5.41) is 0. The average molecular weight is 170 g/mol. The Hall–Kier alpha value is -0.830. The predicted molar refractivity (Wildman–Crippen MR) is 44.7 cm³/mol. The number of hydrogen-bond donors (Lipinski definition) is 0. The Balaban J connectivity index is 2.17. The molecule has 0 radical (unpaired) electrons. The topological polar surface area (TPSA) is 35.5 Å². The number of esters is 1. The minimum Gasteiger partial charge on any atom is -0.462 e. The van der Waals surface area contributed by atoms with Crippen LogP contribution >= 0.6 is 0 Å². The maximum absolute atomic E-state index is 11.1. The minimum absolute atomic E-state index is 0.218. The molecule has 0 bridgehead atoms. The molecule has 0 aliphatic carbocycles. The zero-order valence-corrected chi connectivity index (χ0v) is 7.50. The van der Waals surface area contributed by atoms with E-state index in [9.17, 15) is 4.79 Å². The van der Waals surface area contributed by atoms with Crippen molar-refractivity contribution in [2.75, 3.05) is 19.8 Å². The second-order valence-corrected chi connectivity index (χ2v) is 2.97. The third-order valence-corrected chi connectivity index (χ3v) is 1.91. The van der Waals surface area contributed by atoms with E-state index in [0.717, 1.165) is 13.2 Å². The average Bonchev–Trinajstić information content (AvgIpc) is 2.00. The van der Waals surface area contributed by atoms with Crippen LogP contribution in [0.2, 0.25) is 0 Å². The second-order valence-electron chi connectivity index (χ2n) is 2.97. The fraction of sp³-hybridized carbons (Fsp3) is 0.667. The van der Waals surface area contributed by atoms with Crippen molar-refractivity contribution in [2.45, 2.75) is 13.8 Å². The molecule has 1 heterocycles. The van der Waals surface area contributed by atoms with Gasteiger partial charge in [-0.1, -0.05) is 6.08 Å². The number of carbonyl (C=O) groups is 1. The predicted octanol–water partition coefficient (Wildman–Crippen LogP) is 1.14. The van der Waals surface area contributed by atoms with Crippen LogP contribution in [0, 0.1) is 5.92 Å². The molecule has 12 heavy (non-hydrogen) atoms. The normalized spacial score (nSPS) is 18.7. The summed E-state index contributed by atoms with van der Waals surface area (Å²) >= 11 is 0. The number of rotatable bonds is 3. The van der Waals surface area contributed by atoms with Crippen LogP contribution in [0.5, 0.6) is 0 Å². The number of hydrogen-bond acceptors (Lipinski definition) is 3. The second kappa shape index (κ2) is 4.26. The molecule has 0 N–H and O–H groups in total. The molecule has 3 heteroatoms. The highest BCUT2D eigenvalue weighted by Crippen LogP contribution is 2.10. The molecule has 0 unspecified atom stereocenters. The van der Waals surface area contributed by atoms with Crippen molar-refractivity contribution in [1.29, 1.82) is 0 Å². The highest BCUT2D eigenvalue weighted by Gasteiger charge is 2.20. The summed E-state index contributed by atoms with van der Waals surface area (Å²) in [4.78, 5) is 11.1. The van der Waals surface area contributed by atoms with Gasteiger partial charge in [-0.3, -0.25) is 0 Å². The number of allylic oxidation sites excluding steroid dienone is 1.